The van der Waals surface area contributed by atoms with E-state index in [4.69, 9.17) is 4.74 Å². The minimum atomic E-state index is -3.80. The molecule has 1 N–H and O–H groups in total. The summed E-state index contributed by atoms with van der Waals surface area (Å²) in [6, 6.07) is 5.17. The van der Waals surface area contributed by atoms with Crippen LogP contribution in [-0.2, 0) is 14.8 Å². The van der Waals surface area contributed by atoms with Crippen LogP contribution in [0.4, 0.5) is 0 Å². The van der Waals surface area contributed by atoms with Crippen molar-refractivity contribution in [2.75, 3.05) is 20.2 Å². The molecule has 2 rings (SSSR count). The summed E-state index contributed by atoms with van der Waals surface area (Å²) in [6.45, 7) is 3.60. The summed E-state index contributed by atoms with van der Waals surface area (Å²) >= 11 is 0. The topological polar surface area (TPSA) is 75.7 Å². The van der Waals surface area contributed by atoms with E-state index < -0.39 is 10.0 Å². The van der Waals surface area contributed by atoms with Crippen LogP contribution in [0.25, 0.3) is 0 Å². The summed E-state index contributed by atoms with van der Waals surface area (Å²) in [6.07, 6.45) is 5.37. The Balaban J connectivity index is 2.15. The fraction of sp³-hybridized carbons (Fsp3) is 0.611. The van der Waals surface area contributed by atoms with Gasteiger partial charge in [0.15, 0.2) is 0 Å². The normalized spacial score (nSPS) is 16.0. The molecule has 0 saturated heterocycles. The molecule has 25 heavy (non-hydrogen) atoms. The molecule has 0 aromatic heterocycles. The summed E-state index contributed by atoms with van der Waals surface area (Å²) in [7, 11) is -2.36. The standard InChI is InChI=1S/C18H28N2O4S/c1-4-20(13-18(21)19-15-8-6-5-7-9-15)25(22,23)17-12-14(2)10-11-16(17)24-3/h10-12,15H,4-9,13H2,1-3H3,(H,19,21). The average molecular weight is 368 g/mol. The number of nitrogens with one attached hydrogen (secondary N) is 1. The molecule has 1 fully saturated rings. The Hall–Kier alpha value is -1.60. The molecule has 1 aliphatic carbocycles. The predicted molar refractivity (Wildman–Crippen MR) is 97.2 cm³/mol. The predicted octanol–water partition coefficient (Wildman–Crippen LogP) is 2.46. The molecule has 0 heterocycles. The quantitative estimate of drug-likeness (QED) is 0.802. The largest absolute Gasteiger partial charge is 0.495 e. The van der Waals surface area contributed by atoms with E-state index in [9.17, 15) is 13.2 Å². The third-order valence-electron chi connectivity index (χ3n) is 4.58. The van der Waals surface area contributed by atoms with E-state index >= 15 is 0 Å². The van der Waals surface area contributed by atoms with Crippen molar-refractivity contribution in [1.82, 2.24) is 9.62 Å². The van der Waals surface area contributed by atoms with Gasteiger partial charge in [-0.2, -0.15) is 4.31 Å². The molecule has 6 nitrogen and oxygen atoms in total. The van der Waals surface area contributed by atoms with Gasteiger partial charge in [0.2, 0.25) is 15.9 Å². The van der Waals surface area contributed by atoms with E-state index in [1.807, 2.05) is 6.92 Å². The van der Waals surface area contributed by atoms with E-state index in [0.717, 1.165) is 31.2 Å². The van der Waals surface area contributed by atoms with Crippen molar-refractivity contribution < 1.29 is 17.9 Å². The minimum absolute atomic E-state index is 0.0994. The van der Waals surface area contributed by atoms with Crippen LogP contribution in [0.1, 0.15) is 44.6 Å². The number of amides is 1. The molecular weight excluding hydrogens is 340 g/mol. The summed E-state index contributed by atoms with van der Waals surface area (Å²) in [5.41, 5.74) is 0.821. The summed E-state index contributed by atoms with van der Waals surface area (Å²) < 4.78 is 32.4. The smallest absolute Gasteiger partial charge is 0.247 e. The lowest BCUT2D eigenvalue weighted by Crippen LogP contribution is -2.44. The van der Waals surface area contributed by atoms with E-state index in [1.54, 1.807) is 25.1 Å². The first-order valence-corrected chi connectivity index (χ1v) is 10.3. The van der Waals surface area contributed by atoms with Gasteiger partial charge in [-0.25, -0.2) is 8.42 Å². The summed E-state index contributed by atoms with van der Waals surface area (Å²) in [4.78, 5) is 12.4. The summed E-state index contributed by atoms with van der Waals surface area (Å²) in [5, 5.41) is 2.97. The maximum atomic E-state index is 13.0. The Bertz CT molecular complexity index is 697. The van der Waals surface area contributed by atoms with E-state index in [1.165, 1.54) is 17.8 Å². The van der Waals surface area contributed by atoms with E-state index in [0.29, 0.717) is 0 Å². The van der Waals surface area contributed by atoms with Crippen LogP contribution in [-0.4, -0.2) is 44.9 Å². The Morgan fingerprint density at radius 2 is 1.96 bits per heavy atom. The van der Waals surface area contributed by atoms with Crippen molar-refractivity contribution in [3.8, 4) is 5.75 Å². The molecular formula is C18H28N2O4S. The lowest BCUT2D eigenvalue weighted by atomic mass is 9.95. The van der Waals surface area contributed by atoms with Gasteiger partial charge >= 0.3 is 0 Å². The highest BCUT2D eigenvalue weighted by Crippen LogP contribution is 2.27. The zero-order valence-corrected chi connectivity index (χ0v) is 16.1. The number of rotatable bonds is 7. The maximum Gasteiger partial charge on any atom is 0.247 e. The second-order valence-electron chi connectivity index (χ2n) is 6.49. The zero-order chi connectivity index (χ0) is 18.4. The van der Waals surface area contributed by atoms with Crippen LogP contribution in [0.2, 0.25) is 0 Å². The molecule has 0 radical (unpaired) electrons. The Morgan fingerprint density at radius 1 is 1.28 bits per heavy atom. The zero-order valence-electron chi connectivity index (χ0n) is 15.2. The van der Waals surface area contributed by atoms with Crippen LogP contribution in [0.15, 0.2) is 23.1 Å². The molecule has 140 valence electrons. The van der Waals surface area contributed by atoms with Gasteiger partial charge in [-0.1, -0.05) is 32.3 Å². The fourth-order valence-electron chi connectivity index (χ4n) is 3.17. The third kappa shape index (κ3) is 4.95. The van der Waals surface area contributed by atoms with Crippen LogP contribution in [0, 0.1) is 6.92 Å². The number of nitrogens with zero attached hydrogens (tertiary/aromatic N) is 1. The number of sulfonamides is 1. The number of ether oxygens (including phenoxy) is 1. The molecule has 0 spiro atoms. The highest BCUT2D eigenvalue weighted by Gasteiger charge is 2.29. The summed E-state index contributed by atoms with van der Waals surface area (Å²) in [5.74, 6) is 0.0423. The number of likely N-dealkylation sites (N-methyl/N-ethyl adjacent to an activating group) is 1. The molecule has 0 atom stereocenters. The molecule has 7 heteroatoms. The maximum absolute atomic E-state index is 13.0. The molecule has 1 aromatic rings. The molecule has 1 aliphatic rings. The van der Waals surface area contributed by atoms with Gasteiger partial charge in [-0.05, 0) is 37.5 Å². The minimum Gasteiger partial charge on any atom is -0.495 e. The highest BCUT2D eigenvalue weighted by molar-refractivity contribution is 7.89. The first kappa shape index (κ1) is 19.7. The SMILES string of the molecule is CCN(CC(=O)NC1CCCCC1)S(=O)(=O)c1cc(C)ccc1OC. The highest BCUT2D eigenvalue weighted by atomic mass is 32.2. The first-order valence-electron chi connectivity index (χ1n) is 8.82. The molecule has 0 aliphatic heterocycles. The lowest BCUT2D eigenvalue weighted by Gasteiger charge is -2.25. The Morgan fingerprint density at radius 3 is 2.56 bits per heavy atom. The molecule has 0 unspecified atom stereocenters. The van der Waals surface area contributed by atoms with Crippen molar-refractivity contribution in [2.45, 2.75) is 56.9 Å². The second kappa shape index (κ2) is 8.67. The van der Waals surface area contributed by atoms with Crippen LogP contribution in [0.3, 0.4) is 0 Å². The van der Waals surface area contributed by atoms with Gasteiger partial charge in [-0.3, -0.25) is 4.79 Å². The van der Waals surface area contributed by atoms with Gasteiger partial charge in [0, 0.05) is 12.6 Å². The van der Waals surface area contributed by atoms with Gasteiger partial charge in [0.25, 0.3) is 0 Å². The molecule has 0 bridgehead atoms. The molecule has 1 amide bonds. The second-order valence-corrected chi connectivity index (χ2v) is 8.39. The average Bonchev–Trinajstić information content (AvgIpc) is 2.60. The number of methoxy groups -OCH3 is 1. The van der Waals surface area contributed by atoms with Crippen molar-refractivity contribution in [2.24, 2.45) is 0 Å². The number of benzene rings is 1. The number of carbonyl (C=O) groups is 1. The van der Waals surface area contributed by atoms with E-state index in [2.05, 4.69) is 5.32 Å². The van der Waals surface area contributed by atoms with Gasteiger partial charge < -0.3 is 10.1 Å². The monoisotopic (exact) mass is 368 g/mol. The Labute approximate surface area is 150 Å². The van der Waals surface area contributed by atoms with E-state index in [-0.39, 0.29) is 35.7 Å². The van der Waals surface area contributed by atoms with Gasteiger partial charge in [0.05, 0.1) is 13.7 Å². The number of aryl methyl sites for hydroxylation is 1. The van der Waals surface area contributed by atoms with Crippen molar-refractivity contribution in [1.29, 1.82) is 0 Å². The van der Waals surface area contributed by atoms with Crippen LogP contribution < -0.4 is 10.1 Å². The van der Waals surface area contributed by atoms with Crippen molar-refractivity contribution >= 4 is 15.9 Å². The number of hydrogen-bond acceptors (Lipinski definition) is 4. The lowest BCUT2D eigenvalue weighted by molar-refractivity contribution is -0.122. The Kier molecular flexibility index (Phi) is 6.84. The van der Waals surface area contributed by atoms with Gasteiger partial charge in [-0.15, -0.1) is 0 Å². The fourth-order valence-corrected chi connectivity index (χ4v) is 4.82. The van der Waals surface area contributed by atoms with Gasteiger partial charge in [0.1, 0.15) is 10.6 Å². The molecule has 1 saturated carbocycles. The third-order valence-corrected chi connectivity index (χ3v) is 6.52. The van der Waals surface area contributed by atoms with Crippen molar-refractivity contribution in [3.05, 3.63) is 23.8 Å². The van der Waals surface area contributed by atoms with Crippen LogP contribution in [0.5, 0.6) is 5.75 Å². The number of carbonyl (C=O) groups excluding carboxylic acids is 1. The first-order chi connectivity index (χ1) is 11.9. The van der Waals surface area contributed by atoms with Crippen molar-refractivity contribution in [3.63, 3.8) is 0 Å². The molecule has 1 aromatic carbocycles. The van der Waals surface area contributed by atoms with Crippen LogP contribution >= 0.6 is 0 Å². The number of hydrogen-bond donors (Lipinski definition) is 1.